The fourth-order valence-electron chi connectivity index (χ4n) is 3.46. The largest absolute Gasteiger partial charge is 0.550 e. The van der Waals surface area contributed by atoms with Crippen LogP contribution < -0.4 is 5.11 Å². The molecule has 2 fully saturated rings. The minimum atomic E-state index is -0.830. The van der Waals surface area contributed by atoms with Crippen LogP contribution >= 0.6 is 0 Å². The average molecular weight is 223 g/mol. The lowest BCUT2D eigenvalue weighted by atomic mass is 9.98. The first-order valence-electron chi connectivity index (χ1n) is 6.25. The second kappa shape index (κ2) is 4.21. The molecular weight excluding hydrogens is 202 g/mol. The highest BCUT2D eigenvalue weighted by Gasteiger charge is 2.50. The number of quaternary nitrogens is 1. The smallest absolute Gasteiger partial charge is 0.0978 e. The first kappa shape index (κ1) is 11.6. The van der Waals surface area contributed by atoms with Gasteiger partial charge in [0.2, 0.25) is 0 Å². The molecular formula is C13H21NO2. The summed E-state index contributed by atoms with van der Waals surface area (Å²) in [7, 11) is 0. The average Bonchev–Trinajstić information content (AvgIpc) is 2.71. The predicted molar refractivity (Wildman–Crippen MR) is 60.4 cm³/mol. The summed E-state index contributed by atoms with van der Waals surface area (Å²) < 4.78 is 1.00. The molecule has 0 amide bonds. The summed E-state index contributed by atoms with van der Waals surface area (Å²) in [6.07, 6.45) is 5.31. The minimum Gasteiger partial charge on any atom is -0.550 e. The molecule has 0 unspecified atom stereocenters. The van der Waals surface area contributed by atoms with Crippen LogP contribution in [-0.2, 0) is 4.79 Å². The number of aliphatic carboxylic acids is 1. The van der Waals surface area contributed by atoms with Crippen molar-refractivity contribution < 1.29 is 14.4 Å². The van der Waals surface area contributed by atoms with Crippen LogP contribution in [0.3, 0.4) is 0 Å². The number of carboxylic acid groups (broad SMARTS) is 1. The number of carbonyl (C=O) groups is 1. The van der Waals surface area contributed by atoms with Crippen LogP contribution in [0.1, 0.15) is 33.1 Å². The van der Waals surface area contributed by atoms with Crippen LogP contribution in [0.15, 0.2) is 11.6 Å². The van der Waals surface area contributed by atoms with Gasteiger partial charge in [0, 0.05) is 19.3 Å². The van der Waals surface area contributed by atoms with Crippen LogP contribution in [0.2, 0.25) is 0 Å². The van der Waals surface area contributed by atoms with Gasteiger partial charge in [0.05, 0.1) is 37.6 Å². The zero-order valence-electron chi connectivity index (χ0n) is 10.2. The second-order valence-electron chi connectivity index (χ2n) is 5.55. The molecule has 2 aliphatic heterocycles. The van der Waals surface area contributed by atoms with Gasteiger partial charge in [-0.15, -0.1) is 0 Å². The van der Waals surface area contributed by atoms with E-state index in [1.165, 1.54) is 12.0 Å². The Morgan fingerprint density at radius 3 is 2.75 bits per heavy atom. The highest BCUT2D eigenvalue weighted by molar-refractivity contribution is 5.68. The normalized spacial score (nSPS) is 37.1. The summed E-state index contributed by atoms with van der Waals surface area (Å²) in [5.41, 5.74) is 1.33. The third-order valence-electron chi connectivity index (χ3n) is 4.32. The Balaban J connectivity index is 2.15. The van der Waals surface area contributed by atoms with Crippen LogP contribution in [-0.4, -0.2) is 36.1 Å². The quantitative estimate of drug-likeness (QED) is 0.522. The van der Waals surface area contributed by atoms with Gasteiger partial charge in [-0.3, -0.25) is 0 Å². The van der Waals surface area contributed by atoms with E-state index in [0.29, 0.717) is 6.04 Å². The van der Waals surface area contributed by atoms with E-state index in [0.717, 1.165) is 37.0 Å². The van der Waals surface area contributed by atoms with Crippen LogP contribution in [0, 0.1) is 5.92 Å². The fraction of sp³-hybridized carbons (Fsp3) is 0.769. The third-order valence-corrected chi connectivity index (χ3v) is 4.32. The first-order valence-corrected chi connectivity index (χ1v) is 6.25. The number of hydrogen-bond donors (Lipinski definition) is 0. The van der Waals surface area contributed by atoms with Crippen molar-refractivity contribution in [3.05, 3.63) is 11.6 Å². The number of hydrogen-bond acceptors (Lipinski definition) is 2. The van der Waals surface area contributed by atoms with E-state index in [4.69, 9.17) is 0 Å². The Labute approximate surface area is 97.3 Å². The van der Waals surface area contributed by atoms with Gasteiger partial charge in [-0.25, -0.2) is 0 Å². The highest BCUT2D eigenvalue weighted by atomic mass is 16.4. The van der Waals surface area contributed by atoms with E-state index in [1.807, 2.05) is 0 Å². The third kappa shape index (κ3) is 1.88. The van der Waals surface area contributed by atoms with E-state index in [9.17, 15) is 9.90 Å². The van der Waals surface area contributed by atoms with Crippen molar-refractivity contribution in [3.8, 4) is 0 Å². The summed E-state index contributed by atoms with van der Waals surface area (Å²) in [5.74, 6) is -1.03. The molecule has 16 heavy (non-hydrogen) atoms. The maximum Gasteiger partial charge on any atom is 0.0978 e. The van der Waals surface area contributed by atoms with Crippen molar-refractivity contribution in [1.82, 2.24) is 0 Å². The van der Waals surface area contributed by atoms with Gasteiger partial charge in [0.15, 0.2) is 0 Å². The Hall–Kier alpha value is -0.830. The zero-order valence-corrected chi connectivity index (χ0v) is 10.2. The summed E-state index contributed by atoms with van der Waals surface area (Å²) in [4.78, 5) is 11.1. The van der Waals surface area contributed by atoms with Gasteiger partial charge >= 0.3 is 0 Å². The van der Waals surface area contributed by atoms with Crippen molar-refractivity contribution in [2.24, 2.45) is 5.92 Å². The van der Waals surface area contributed by atoms with E-state index in [-0.39, 0.29) is 5.92 Å². The molecule has 0 spiro atoms. The molecule has 0 aromatic carbocycles. The maximum absolute atomic E-state index is 11.1. The molecule has 0 bridgehead atoms. The van der Waals surface area contributed by atoms with E-state index >= 15 is 0 Å². The van der Waals surface area contributed by atoms with Crippen LogP contribution in [0.5, 0.6) is 0 Å². The molecule has 3 atom stereocenters. The summed E-state index contributed by atoms with van der Waals surface area (Å²) in [5, 5.41) is 11.1. The Kier molecular flexibility index (Phi) is 3.06. The Morgan fingerprint density at radius 2 is 2.12 bits per heavy atom. The SMILES string of the molecule is CC(C)=CC[N@@+]12CCC[C@@H]1[C@H](C(=O)[O-])CC2. The standard InChI is InChI=1S/C13H21NO2/c1-10(2)5-8-14-7-3-4-12(14)11(6-9-14)13(15)16/h5,11-12H,3-4,6-9H2,1-2H3/t11-,12-,14-/m1/s1. The number of nitrogens with zero attached hydrogens (tertiary/aromatic N) is 1. The lowest BCUT2D eigenvalue weighted by Crippen LogP contribution is -2.51. The summed E-state index contributed by atoms with van der Waals surface area (Å²) in [6, 6.07) is 0.320. The zero-order chi connectivity index (χ0) is 11.8. The fourth-order valence-corrected chi connectivity index (χ4v) is 3.46. The van der Waals surface area contributed by atoms with Crippen molar-refractivity contribution in [2.45, 2.75) is 39.2 Å². The molecule has 0 aromatic rings. The first-order chi connectivity index (χ1) is 7.55. The van der Waals surface area contributed by atoms with Gasteiger partial charge in [-0.2, -0.15) is 0 Å². The highest BCUT2D eigenvalue weighted by Crippen LogP contribution is 2.40. The number of rotatable bonds is 3. The molecule has 3 nitrogen and oxygen atoms in total. The summed E-state index contributed by atoms with van der Waals surface area (Å²) in [6.45, 7) is 7.40. The van der Waals surface area contributed by atoms with E-state index in [2.05, 4.69) is 19.9 Å². The molecule has 0 radical (unpaired) electrons. The molecule has 2 heterocycles. The molecule has 0 saturated carbocycles. The molecule has 0 aromatic heterocycles. The van der Waals surface area contributed by atoms with Crippen molar-refractivity contribution in [1.29, 1.82) is 0 Å². The van der Waals surface area contributed by atoms with Gasteiger partial charge in [0.25, 0.3) is 0 Å². The lowest BCUT2D eigenvalue weighted by Gasteiger charge is -2.35. The van der Waals surface area contributed by atoms with Gasteiger partial charge < -0.3 is 14.4 Å². The molecule has 2 aliphatic rings. The predicted octanol–water partition coefficient (Wildman–Crippen LogP) is 0.702. The lowest BCUT2D eigenvalue weighted by molar-refractivity contribution is -0.923. The molecule has 90 valence electrons. The van der Waals surface area contributed by atoms with Gasteiger partial charge in [-0.1, -0.05) is 5.57 Å². The molecule has 2 rings (SSSR count). The Morgan fingerprint density at radius 1 is 1.38 bits per heavy atom. The Bertz CT molecular complexity index is 320. The molecule has 0 aliphatic carbocycles. The summed E-state index contributed by atoms with van der Waals surface area (Å²) >= 11 is 0. The molecule has 2 saturated heterocycles. The number of fused-ring (bicyclic) bond motifs is 1. The second-order valence-corrected chi connectivity index (χ2v) is 5.55. The molecule has 0 N–H and O–H groups in total. The van der Waals surface area contributed by atoms with E-state index in [1.54, 1.807) is 0 Å². The van der Waals surface area contributed by atoms with Crippen LogP contribution in [0.25, 0.3) is 0 Å². The maximum atomic E-state index is 11.1. The van der Waals surface area contributed by atoms with Crippen molar-refractivity contribution >= 4 is 5.97 Å². The van der Waals surface area contributed by atoms with Crippen LogP contribution in [0.4, 0.5) is 0 Å². The number of carboxylic acids is 1. The minimum absolute atomic E-state index is 0.201. The van der Waals surface area contributed by atoms with Crippen molar-refractivity contribution in [2.75, 3.05) is 19.6 Å². The van der Waals surface area contributed by atoms with E-state index < -0.39 is 5.97 Å². The topological polar surface area (TPSA) is 40.1 Å². The number of allylic oxidation sites excluding steroid dienone is 1. The van der Waals surface area contributed by atoms with Gasteiger partial charge in [-0.05, 0) is 19.9 Å². The number of carbonyl (C=O) groups excluding carboxylic acids is 1. The monoisotopic (exact) mass is 223 g/mol. The van der Waals surface area contributed by atoms with Crippen molar-refractivity contribution in [3.63, 3.8) is 0 Å². The molecule has 3 heteroatoms. The van der Waals surface area contributed by atoms with Gasteiger partial charge in [0.1, 0.15) is 0 Å².